The second-order valence-electron chi connectivity index (χ2n) is 6.80. The number of nitrogens with one attached hydrogen (secondary N) is 1. The molecule has 2 aliphatic rings. The molecule has 1 aromatic heterocycles. The third kappa shape index (κ3) is 3.39. The zero-order valence-corrected chi connectivity index (χ0v) is 14.4. The molecule has 1 amide bonds. The molecule has 0 radical (unpaired) electrons. The SMILES string of the molecule is CCC(CO)N1CCN(C(=O)c2cc3c([nH]c2=O)CCCC3)CC1. The van der Waals surface area contributed by atoms with Crippen LogP contribution in [0.2, 0.25) is 0 Å². The Bertz CT molecular complexity index is 643. The molecule has 1 atom stereocenters. The van der Waals surface area contributed by atoms with Crippen LogP contribution in [0.25, 0.3) is 0 Å². The third-order valence-electron chi connectivity index (χ3n) is 5.37. The van der Waals surface area contributed by atoms with Crippen LogP contribution in [-0.2, 0) is 12.8 Å². The molecular weight excluding hydrogens is 306 g/mol. The largest absolute Gasteiger partial charge is 0.395 e. The Morgan fingerprint density at radius 3 is 2.62 bits per heavy atom. The molecule has 1 saturated heterocycles. The molecule has 1 aromatic rings. The predicted molar refractivity (Wildman–Crippen MR) is 92.3 cm³/mol. The van der Waals surface area contributed by atoms with Gasteiger partial charge in [0.15, 0.2) is 0 Å². The summed E-state index contributed by atoms with van der Waals surface area (Å²) < 4.78 is 0. The summed E-state index contributed by atoms with van der Waals surface area (Å²) in [4.78, 5) is 32.0. The molecule has 0 spiro atoms. The number of nitrogens with zero attached hydrogens (tertiary/aromatic N) is 2. The van der Waals surface area contributed by atoms with Crippen molar-refractivity contribution in [3.63, 3.8) is 0 Å². The fraction of sp³-hybridized carbons (Fsp3) is 0.667. The van der Waals surface area contributed by atoms with Crippen LogP contribution in [0.15, 0.2) is 10.9 Å². The van der Waals surface area contributed by atoms with Gasteiger partial charge in [-0.2, -0.15) is 0 Å². The molecule has 1 fully saturated rings. The fourth-order valence-corrected chi connectivity index (χ4v) is 3.80. The zero-order chi connectivity index (χ0) is 17.1. The van der Waals surface area contributed by atoms with Crippen molar-refractivity contribution in [2.24, 2.45) is 0 Å². The van der Waals surface area contributed by atoms with E-state index in [1.807, 2.05) is 6.07 Å². The van der Waals surface area contributed by atoms with Crippen LogP contribution in [-0.4, -0.2) is 64.6 Å². The Labute approximate surface area is 142 Å². The molecule has 2 heterocycles. The van der Waals surface area contributed by atoms with Gasteiger partial charge in [0.25, 0.3) is 11.5 Å². The van der Waals surface area contributed by atoms with Gasteiger partial charge in [-0.05, 0) is 43.7 Å². The number of aliphatic hydroxyl groups excluding tert-OH is 1. The summed E-state index contributed by atoms with van der Waals surface area (Å²) in [5, 5.41) is 9.41. The predicted octanol–water partition coefficient (Wildman–Crippen LogP) is 0.782. The van der Waals surface area contributed by atoms with Crippen LogP contribution in [0.5, 0.6) is 0 Å². The number of carbonyl (C=O) groups is 1. The van der Waals surface area contributed by atoms with Crippen LogP contribution in [0.3, 0.4) is 0 Å². The average molecular weight is 333 g/mol. The molecule has 0 saturated carbocycles. The lowest BCUT2D eigenvalue weighted by Crippen LogP contribution is -2.53. The van der Waals surface area contributed by atoms with Gasteiger partial charge in [-0.15, -0.1) is 0 Å². The van der Waals surface area contributed by atoms with Gasteiger partial charge in [0, 0.05) is 37.9 Å². The molecule has 3 rings (SSSR count). The van der Waals surface area contributed by atoms with Crippen LogP contribution >= 0.6 is 0 Å². The Hall–Kier alpha value is -1.66. The second-order valence-corrected chi connectivity index (χ2v) is 6.80. The topological polar surface area (TPSA) is 76.6 Å². The summed E-state index contributed by atoms with van der Waals surface area (Å²) in [7, 11) is 0. The van der Waals surface area contributed by atoms with Crippen LogP contribution in [0, 0.1) is 0 Å². The molecule has 1 unspecified atom stereocenters. The van der Waals surface area contributed by atoms with Crippen molar-refractivity contribution in [3.05, 3.63) is 33.2 Å². The van der Waals surface area contributed by atoms with Crippen LogP contribution in [0.1, 0.15) is 47.8 Å². The Morgan fingerprint density at radius 2 is 1.96 bits per heavy atom. The molecule has 0 aromatic carbocycles. The highest BCUT2D eigenvalue weighted by atomic mass is 16.3. The number of piperazine rings is 1. The first-order chi connectivity index (χ1) is 11.6. The van der Waals surface area contributed by atoms with Crippen LogP contribution in [0.4, 0.5) is 0 Å². The fourth-order valence-electron chi connectivity index (χ4n) is 3.80. The molecular formula is C18H27N3O3. The summed E-state index contributed by atoms with van der Waals surface area (Å²) >= 11 is 0. The number of hydrogen-bond donors (Lipinski definition) is 2. The number of H-pyrrole nitrogens is 1. The molecule has 24 heavy (non-hydrogen) atoms. The van der Waals surface area contributed by atoms with Gasteiger partial charge in [-0.1, -0.05) is 6.92 Å². The summed E-state index contributed by atoms with van der Waals surface area (Å²) in [5.74, 6) is -0.165. The number of aromatic nitrogens is 1. The van der Waals surface area contributed by atoms with E-state index in [4.69, 9.17) is 0 Å². The molecule has 1 aliphatic heterocycles. The van der Waals surface area contributed by atoms with E-state index in [1.54, 1.807) is 4.90 Å². The van der Waals surface area contributed by atoms with Crippen LogP contribution < -0.4 is 5.56 Å². The minimum absolute atomic E-state index is 0.148. The summed E-state index contributed by atoms with van der Waals surface area (Å²) in [6, 6.07) is 1.97. The lowest BCUT2D eigenvalue weighted by atomic mass is 9.95. The Morgan fingerprint density at radius 1 is 1.25 bits per heavy atom. The van der Waals surface area contributed by atoms with Gasteiger partial charge in [0.05, 0.1) is 6.61 Å². The van der Waals surface area contributed by atoms with Gasteiger partial charge >= 0.3 is 0 Å². The monoisotopic (exact) mass is 333 g/mol. The smallest absolute Gasteiger partial charge is 0.261 e. The number of aromatic amines is 1. The van der Waals surface area contributed by atoms with Gasteiger partial charge in [-0.25, -0.2) is 0 Å². The number of pyridine rings is 1. The van der Waals surface area contributed by atoms with Crippen molar-refractivity contribution < 1.29 is 9.90 Å². The van der Waals surface area contributed by atoms with E-state index in [1.165, 1.54) is 0 Å². The molecule has 1 aliphatic carbocycles. The maximum atomic E-state index is 12.8. The Kier molecular flexibility index (Phi) is 5.36. The van der Waals surface area contributed by atoms with E-state index in [0.717, 1.165) is 56.5 Å². The van der Waals surface area contributed by atoms with Gasteiger partial charge < -0.3 is 15.0 Å². The van der Waals surface area contributed by atoms with Crippen molar-refractivity contribution in [2.75, 3.05) is 32.8 Å². The lowest BCUT2D eigenvalue weighted by Gasteiger charge is -2.38. The average Bonchev–Trinajstić information content (AvgIpc) is 2.62. The number of rotatable bonds is 4. The molecule has 6 nitrogen and oxygen atoms in total. The number of aliphatic hydroxyl groups is 1. The highest BCUT2D eigenvalue weighted by Crippen LogP contribution is 2.19. The molecule has 0 bridgehead atoms. The third-order valence-corrected chi connectivity index (χ3v) is 5.37. The number of hydrogen-bond acceptors (Lipinski definition) is 4. The quantitative estimate of drug-likeness (QED) is 0.854. The summed E-state index contributed by atoms with van der Waals surface area (Å²) in [6.45, 7) is 4.90. The van der Waals surface area contributed by atoms with Crippen molar-refractivity contribution in [3.8, 4) is 0 Å². The standard InChI is InChI=1S/C18H27N3O3/c1-2-14(12-22)20-7-9-21(10-8-20)18(24)15-11-13-5-3-4-6-16(13)19-17(15)23/h11,14,22H,2-10,12H2,1H3,(H,19,23). The van der Waals surface area contributed by atoms with E-state index in [0.29, 0.717) is 13.1 Å². The van der Waals surface area contributed by atoms with Gasteiger partial charge in [-0.3, -0.25) is 14.5 Å². The lowest BCUT2D eigenvalue weighted by molar-refractivity contribution is 0.0471. The second kappa shape index (κ2) is 7.49. The minimum Gasteiger partial charge on any atom is -0.395 e. The van der Waals surface area contributed by atoms with Crippen molar-refractivity contribution >= 4 is 5.91 Å². The van der Waals surface area contributed by atoms with E-state index >= 15 is 0 Å². The summed E-state index contributed by atoms with van der Waals surface area (Å²) in [6.07, 6.45) is 4.95. The maximum Gasteiger partial charge on any atom is 0.261 e. The molecule has 6 heteroatoms. The number of aryl methyl sites for hydroxylation is 2. The number of fused-ring (bicyclic) bond motifs is 1. The van der Waals surface area contributed by atoms with Crippen molar-refractivity contribution in [1.29, 1.82) is 0 Å². The first-order valence-corrected chi connectivity index (χ1v) is 9.03. The van der Waals surface area contributed by atoms with E-state index in [-0.39, 0.29) is 29.7 Å². The van der Waals surface area contributed by atoms with E-state index in [9.17, 15) is 14.7 Å². The van der Waals surface area contributed by atoms with E-state index in [2.05, 4.69) is 16.8 Å². The highest BCUT2D eigenvalue weighted by molar-refractivity contribution is 5.94. The molecule has 132 valence electrons. The normalized spacial score (nSPS) is 19.8. The van der Waals surface area contributed by atoms with E-state index < -0.39 is 0 Å². The Balaban J connectivity index is 1.71. The van der Waals surface area contributed by atoms with Crippen molar-refractivity contribution in [2.45, 2.75) is 45.1 Å². The minimum atomic E-state index is -0.259. The maximum absolute atomic E-state index is 12.8. The highest BCUT2D eigenvalue weighted by Gasteiger charge is 2.27. The van der Waals surface area contributed by atoms with Gasteiger partial charge in [0.1, 0.15) is 5.56 Å². The first kappa shape index (κ1) is 17.2. The number of amides is 1. The molecule has 2 N–H and O–H groups in total. The zero-order valence-electron chi connectivity index (χ0n) is 14.4. The first-order valence-electron chi connectivity index (χ1n) is 9.03. The van der Waals surface area contributed by atoms with Gasteiger partial charge in [0.2, 0.25) is 0 Å². The number of carbonyl (C=O) groups excluding carboxylic acids is 1. The summed E-state index contributed by atoms with van der Waals surface area (Å²) in [5.41, 5.74) is 2.14. The van der Waals surface area contributed by atoms with Crippen molar-refractivity contribution in [1.82, 2.24) is 14.8 Å².